The third kappa shape index (κ3) is 4.46. The van der Waals surface area contributed by atoms with Crippen molar-refractivity contribution < 1.29 is 9.84 Å². The zero-order valence-electron chi connectivity index (χ0n) is 13.5. The van der Waals surface area contributed by atoms with Crippen molar-refractivity contribution in [1.82, 2.24) is 9.61 Å². The first-order valence-electron chi connectivity index (χ1n) is 7.23. The number of nitrogens with zero attached hydrogens (tertiary/aromatic N) is 2. The highest BCUT2D eigenvalue weighted by molar-refractivity contribution is 6.58. The molecule has 0 saturated heterocycles. The van der Waals surface area contributed by atoms with Gasteiger partial charge in [-0.2, -0.15) is 5.10 Å². The summed E-state index contributed by atoms with van der Waals surface area (Å²) in [6.45, 7) is 3.60. The molecule has 0 aromatic carbocycles. The van der Waals surface area contributed by atoms with Gasteiger partial charge in [-0.25, -0.2) is 4.52 Å². The summed E-state index contributed by atoms with van der Waals surface area (Å²) >= 11 is 0. The third-order valence-electron chi connectivity index (χ3n) is 3.05. The lowest BCUT2D eigenvalue weighted by Crippen LogP contribution is -2.37. The lowest BCUT2D eigenvalue weighted by molar-refractivity contribution is 0.0711. The van der Waals surface area contributed by atoms with Crippen molar-refractivity contribution in [3.63, 3.8) is 0 Å². The Balaban J connectivity index is 2.27. The van der Waals surface area contributed by atoms with Crippen LogP contribution in [-0.4, -0.2) is 49.2 Å². The zero-order valence-corrected chi connectivity index (χ0v) is 13.5. The largest absolute Gasteiger partial charge is 0.510 e. The second kappa shape index (κ2) is 5.33. The number of aryl methyl sites for hydroxylation is 1. The molecule has 2 heterocycles. The topological polar surface area (TPSA) is 72.8 Å². The fraction of sp³-hybridized carbons (Fsp3) is 0.462. The first-order chi connectivity index (χ1) is 9.53. The normalized spacial score (nSPS) is 12.7. The number of ether oxygens (including phenoxy) is 1. The van der Waals surface area contributed by atoms with Crippen LogP contribution in [0.1, 0.15) is 26.0 Å². The molecule has 0 amide bonds. The van der Waals surface area contributed by atoms with Crippen molar-refractivity contribution in [2.75, 3.05) is 5.73 Å². The van der Waals surface area contributed by atoms with Gasteiger partial charge in [-0.05, 0) is 38.8 Å². The van der Waals surface area contributed by atoms with E-state index in [9.17, 15) is 5.11 Å². The van der Waals surface area contributed by atoms with Crippen LogP contribution in [0.25, 0.3) is 5.52 Å². The summed E-state index contributed by atoms with van der Waals surface area (Å²) in [6, 6.07) is 3.85. The van der Waals surface area contributed by atoms with Gasteiger partial charge < -0.3 is 15.6 Å². The van der Waals surface area contributed by atoms with Crippen LogP contribution in [0.5, 0.6) is 5.75 Å². The molecule has 0 atom stereocenters. The smallest absolute Gasteiger partial charge is 0.158 e. The third-order valence-corrected chi connectivity index (χ3v) is 3.05. The van der Waals surface area contributed by atoms with Gasteiger partial charge in [0.15, 0.2) is 5.75 Å². The quantitative estimate of drug-likeness (QED) is 0.656. The van der Waals surface area contributed by atoms with E-state index in [1.807, 2.05) is 41.9 Å². The van der Waals surface area contributed by atoms with Crippen LogP contribution in [-0.2, 0) is 6.42 Å². The lowest BCUT2D eigenvalue weighted by atomic mass is 9.52. The number of hydrogen-bond acceptors (Lipinski definition) is 4. The maximum absolute atomic E-state index is 9.80. The minimum atomic E-state index is -0.685. The van der Waals surface area contributed by atoms with E-state index in [0.29, 0.717) is 17.9 Å². The number of aliphatic hydroxyl groups is 1. The Morgan fingerprint density at radius 1 is 1.33 bits per heavy atom. The Labute approximate surface area is 128 Å². The fourth-order valence-corrected chi connectivity index (χ4v) is 2.06. The number of anilines is 1. The van der Waals surface area contributed by atoms with Crippen molar-refractivity contribution in [2.45, 2.75) is 37.6 Å². The molecule has 21 heavy (non-hydrogen) atoms. The molecule has 0 aliphatic heterocycles. The Morgan fingerprint density at radius 3 is 2.57 bits per heavy atom. The van der Waals surface area contributed by atoms with Gasteiger partial charge >= 0.3 is 0 Å². The average Bonchev–Trinajstić information content (AvgIpc) is 2.66. The van der Waals surface area contributed by atoms with Crippen LogP contribution in [0, 0.1) is 0 Å². The summed E-state index contributed by atoms with van der Waals surface area (Å²) in [5.74, 6) is 0.632. The van der Waals surface area contributed by atoms with Gasteiger partial charge in [0.25, 0.3) is 0 Å². The van der Waals surface area contributed by atoms with Crippen LogP contribution >= 0.6 is 0 Å². The summed E-state index contributed by atoms with van der Waals surface area (Å²) in [5.41, 5.74) is 7.82. The monoisotopic (exact) mass is 285 g/mol. The Morgan fingerprint density at radius 2 is 2.00 bits per heavy atom. The van der Waals surface area contributed by atoms with Crippen LogP contribution in [0.2, 0.25) is 0 Å². The number of rotatable bonds is 5. The molecular weight excluding hydrogens is 263 g/mol. The second-order valence-electron chi connectivity index (χ2n) is 7.13. The molecule has 0 fully saturated rings. The SMILES string of the molecule is BC(B)(B)Oc1cn2nc(CCC(C)(C)O)cc2cc1N. The Kier molecular flexibility index (Phi) is 4.02. The van der Waals surface area contributed by atoms with Gasteiger partial charge in [-0.1, -0.05) is 0 Å². The minimum absolute atomic E-state index is 0.307. The fourth-order valence-electron chi connectivity index (χ4n) is 2.06. The van der Waals surface area contributed by atoms with Crippen molar-refractivity contribution in [1.29, 1.82) is 0 Å². The van der Waals surface area contributed by atoms with Gasteiger partial charge in [0, 0.05) is 5.30 Å². The first kappa shape index (κ1) is 15.8. The van der Waals surface area contributed by atoms with Gasteiger partial charge in [-0.15, -0.1) is 0 Å². The second-order valence-corrected chi connectivity index (χ2v) is 7.13. The molecule has 2 rings (SSSR count). The molecule has 8 heteroatoms. The molecule has 0 radical (unpaired) electrons. The van der Waals surface area contributed by atoms with Crippen molar-refractivity contribution >= 4 is 34.7 Å². The molecule has 0 aliphatic rings. The van der Waals surface area contributed by atoms with E-state index in [1.165, 1.54) is 0 Å². The van der Waals surface area contributed by atoms with Gasteiger partial charge in [-0.3, -0.25) is 0 Å². The van der Waals surface area contributed by atoms with Crippen molar-refractivity contribution in [2.24, 2.45) is 0 Å². The summed E-state index contributed by atoms with van der Waals surface area (Å²) < 4.78 is 7.61. The van der Waals surface area contributed by atoms with E-state index in [-0.39, 0.29) is 5.30 Å². The summed E-state index contributed by atoms with van der Waals surface area (Å²) in [6.07, 6.45) is 3.20. The van der Waals surface area contributed by atoms with Crippen molar-refractivity contribution in [3.05, 3.63) is 24.0 Å². The van der Waals surface area contributed by atoms with Crippen LogP contribution in [0.3, 0.4) is 0 Å². The minimum Gasteiger partial charge on any atom is -0.510 e. The molecule has 2 aromatic rings. The van der Waals surface area contributed by atoms with E-state index in [2.05, 4.69) is 5.10 Å². The van der Waals surface area contributed by atoms with E-state index >= 15 is 0 Å². The highest BCUT2D eigenvalue weighted by Gasteiger charge is 2.17. The molecule has 0 aliphatic carbocycles. The summed E-state index contributed by atoms with van der Waals surface area (Å²) in [5, 5.41) is 14.0. The molecular formula is C13H22B3N3O2. The maximum Gasteiger partial charge on any atom is 0.158 e. The number of pyridine rings is 1. The zero-order chi connectivity index (χ0) is 15.8. The maximum atomic E-state index is 9.80. The van der Waals surface area contributed by atoms with E-state index in [4.69, 9.17) is 10.5 Å². The molecule has 0 saturated carbocycles. The van der Waals surface area contributed by atoms with Gasteiger partial charge in [0.05, 0.1) is 28.7 Å². The predicted octanol–water partition coefficient (Wildman–Crippen LogP) is -1.49. The molecule has 0 bridgehead atoms. The summed E-state index contributed by atoms with van der Waals surface area (Å²) in [7, 11) is 5.94. The summed E-state index contributed by atoms with van der Waals surface area (Å²) in [4.78, 5) is 0. The average molecular weight is 285 g/mol. The number of nitrogen functional groups attached to an aromatic ring is 1. The highest BCUT2D eigenvalue weighted by Crippen LogP contribution is 2.25. The number of aromatic nitrogens is 2. The molecule has 110 valence electrons. The number of nitrogens with two attached hydrogens (primary N) is 1. The molecule has 2 aromatic heterocycles. The Bertz CT molecular complexity index is 644. The van der Waals surface area contributed by atoms with Crippen LogP contribution in [0.4, 0.5) is 5.69 Å². The molecule has 3 N–H and O–H groups in total. The van der Waals surface area contributed by atoms with Gasteiger partial charge in [0.2, 0.25) is 0 Å². The standard InChI is InChI=1S/C13H22B3N3O2/c1-12(2,20)4-3-8-5-9-6-10(17)11(7-19(9)18-8)21-13(14,15)16/h5-7,20H,3-4,14-17H2,1-2H3. The van der Waals surface area contributed by atoms with Crippen molar-refractivity contribution in [3.8, 4) is 5.75 Å². The molecule has 0 unspecified atom stereocenters. The number of hydrogen-bond donors (Lipinski definition) is 2. The van der Waals surface area contributed by atoms with Gasteiger partial charge in [0.1, 0.15) is 23.5 Å². The van der Waals surface area contributed by atoms with Crippen LogP contribution < -0.4 is 10.5 Å². The highest BCUT2D eigenvalue weighted by atomic mass is 16.5. The van der Waals surface area contributed by atoms with E-state index < -0.39 is 5.60 Å². The predicted molar refractivity (Wildman–Crippen MR) is 93.2 cm³/mol. The number of fused-ring (bicyclic) bond motifs is 1. The lowest BCUT2D eigenvalue weighted by Gasteiger charge is -2.22. The molecule has 0 spiro atoms. The Hall–Kier alpha value is -1.56. The van der Waals surface area contributed by atoms with Crippen LogP contribution in [0.15, 0.2) is 18.3 Å². The molecule has 5 nitrogen and oxygen atoms in total. The van der Waals surface area contributed by atoms with E-state index in [0.717, 1.165) is 17.6 Å². The van der Waals surface area contributed by atoms with E-state index in [1.54, 1.807) is 18.4 Å². The first-order valence-corrected chi connectivity index (χ1v) is 7.23.